The van der Waals surface area contributed by atoms with Gasteiger partial charge in [-0.15, -0.1) is 0 Å². The highest BCUT2D eigenvalue weighted by Gasteiger charge is 2.08. The highest BCUT2D eigenvalue weighted by atomic mass is 32.2. The van der Waals surface area contributed by atoms with Crippen LogP contribution in [0, 0.1) is 11.3 Å². The van der Waals surface area contributed by atoms with Crippen molar-refractivity contribution >= 4 is 11.8 Å². The van der Waals surface area contributed by atoms with E-state index in [4.69, 9.17) is 5.26 Å². The van der Waals surface area contributed by atoms with E-state index >= 15 is 0 Å². The van der Waals surface area contributed by atoms with Crippen LogP contribution >= 0.6 is 11.8 Å². The van der Waals surface area contributed by atoms with E-state index in [1.54, 1.807) is 30.2 Å². The number of aromatic nitrogens is 2. The van der Waals surface area contributed by atoms with Gasteiger partial charge in [-0.05, 0) is 12.5 Å². The van der Waals surface area contributed by atoms with Crippen LogP contribution in [-0.4, -0.2) is 15.2 Å². The molecule has 1 rings (SSSR count). The first kappa shape index (κ1) is 10.0. The van der Waals surface area contributed by atoms with Gasteiger partial charge in [0, 0.05) is 24.1 Å². The maximum absolute atomic E-state index is 8.54. The first-order valence-corrected chi connectivity index (χ1v) is 5.05. The Labute approximate surface area is 82.2 Å². The van der Waals surface area contributed by atoms with Gasteiger partial charge in [-0.25, -0.2) is 9.97 Å². The lowest BCUT2D eigenvalue weighted by atomic mass is 10.3. The third-order valence-electron chi connectivity index (χ3n) is 1.59. The summed E-state index contributed by atoms with van der Waals surface area (Å²) >= 11 is 1.57. The molecule has 1 atom stereocenters. The van der Waals surface area contributed by atoms with Crippen LogP contribution in [-0.2, 0) is 0 Å². The zero-order valence-electron chi connectivity index (χ0n) is 7.47. The Bertz CT molecular complexity index is 281. The van der Waals surface area contributed by atoms with E-state index in [9.17, 15) is 0 Å². The van der Waals surface area contributed by atoms with Gasteiger partial charge in [0.1, 0.15) is 0 Å². The van der Waals surface area contributed by atoms with Crippen LogP contribution in [0.3, 0.4) is 0 Å². The summed E-state index contributed by atoms with van der Waals surface area (Å²) in [6.07, 6.45) is 4.96. The first-order valence-electron chi connectivity index (χ1n) is 4.17. The van der Waals surface area contributed by atoms with Gasteiger partial charge < -0.3 is 0 Å². The lowest BCUT2D eigenvalue weighted by Gasteiger charge is -2.07. The molecule has 1 aromatic rings. The molecule has 0 aliphatic carbocycles. The minimum absolute atomic E-state index is 0.312. The smallest absolute Gasteiger partial charge is 0.187 e. The molecule has 0 bridgehead atoms. The van der Waals surface area contributed by atoms with Gasteiger partial charge in [0.05, 0.1) is 6.07 Å². The molecule has 0 aliphatic heterocycles. The zero-order chi connectivity index (χ0) is 9.52. The third-order valence-corrected chi connectivity index (χ3v) is 2.84. The van der Waals surface area contributed by atoms with E-state index in [0.29, 0.717) is 11.7 Å². The molecule has 1 heterocycles. The summed E-state index contributed by atoms with van der Waals surface area (Å²) in [7, 11) is 0. The summed E-state index contributed by atoms with van der Waals surface area (Å²) in [6, 6.07) is 3.95. The predicted molar refractivity (Wildman–Crippen MR) is 52.2 cm³/mol. The monoisotopic (exact) mass is 193 g/mol. The van der Waals surface area contributed by atoms with Crippen LogP contribution in [0.1, 0.15) is 19.8 Å². The summed E-state index contributed by atoms with van der Waals surface area (Å²) in [5, 5.41) is 9.61. The minimum Gasteiger partial charge on any atom is -0.231 e. The minimum atomic E-state index is 0.312. The summed E-state index contributed by atoms with van der Waals surface area (Å²) in [4.78, 5) is 8.18. The van der Waals surface area contributed by atoms with E-state index in [-0.39, 0.29) is 0 Å². The fourth-order valence-corrected chi connectivity index (χ4v) is 1.73. The van der Waals surface area contributed by atoms with Gasteiger partial charge >= 0.3 is 0 Å². The molecule has 0 N–H and O–H groups in total. The molecule has 0 saturated carbocycles. The molecule has 0 aromatic carbocycles. The second-order valence-electron chi connectivity index (χ2n) is 2.54. The second kappa shape index (κ2) is 5.55. The average Bonchev–Trinajstić information content (AvgIpc) is 2.19. The normalized spacial score (nSPS) is 12.0. The molecule has 1 unspecified atom stereocenters. The number of nitrogens with zero attached hydrogens (tertiary/aromatic N) is 3. The maximum Gasteiger partial charge on any atom is 0.187 e. The number of hydrogen-bond donors (Lipinski definition) is 0. The van der Waals surface area contributed by atoms with Crippen LogP contribution < -0.4 is 0 Å². The van der Waals surface area contributed by atoms with E-state index < -0.39 is 0 Å². The molecular formula is C9H11N3S. The van der Waals surface area contributed by atoms with Crippen molar-refractivity contribution in [2.75, 3.05) is 0 Å². The second-order valence-corrected chi connectivity index (χ2v) is 3.81. The molecular weight excluding hydrogens is 182 g/mol. The summed E-state index contributed by atoms with van der Waals surface area (Å²) in [5.41, 5.74) is 0. The van der Waals surface area contributed by atoms with Crippen LogP contribution in [0.2, 0.25) is 0 Å². The van der Waals surface area contributed by atoms with Gasteiger partial charge in [0.15, 0.2) is 5.16 Å². The molecule has 0 saturated heterocycles. The SMILES string of the molecule is CCC(CC#N)Sc1ncccn1. The van der Waals surface area contributed by atoms with Crippen molar-refractivity contribution in [2.45, 2.75) is 30.2 Å². The molecule has 68 valence electrons. The molecule has 1 aromatic heterocycles. The summed E-state index contributed by atoms with van der Waals surface area (Å²) in [6.45, 7) is 2.07. The molecule has 0 radical (unpaired) electrons. The Morgan fingerprint density at radius 3 is 2.77 bits per heavy atom. The molecule has 0 aliphatic rings. The fourth-order valence-electron chi connectivity index (χ4n) is 0.866. The first-order chi connectivity index (χ1) is 6.36. The van der Waals surface area contributed by atoms with Crippen molar-refractivity contribution < 1.29 is 0 Å². The van der Waals surface area contributed by atoms with E-state index in [0.717, 1.165) is 11.6 Å². The van der Waals surface area contributed by atoms with Crippen LogP contribution in [0.25, 0.3) is 0 Å². The summed E-state index contributed by atoms with van der Waals surface area (Å²) in [5.74, 6) is 0. The van der Waals surface area contributed by atoms with Crippen molar-refractivity contribution in [3.63, 3.8) is 0 Å². The third kappa shape index (κ3) is 3.43. The van der Waals surface area contributed by atoms with Gasteiger partial charge in [-0.2, -0.15) is 5.26 Å². The Hall–Kier alpha value is -1.08. The fraction of sp³-hybridized carbons (Fsp3) is 0.444. The highest BCUT2D eigenvalue weighted by Crippen LogP contribution is 2.23. The molecule has 0 amide bonds. The van der Waals surface area contributed by atoms with Gasteiger partial charge in [-0.1, -0.05) is 18.7 Å². The Kier molecular flexibility index (Phi) is 4.27. The number of thioether (sulfide) groups is 1. The van der Waals surface area contributed by atoms with Crippen molar-refractivity contribution in [1.29, 1.82) is 5.26 Å². The van der Waals surface area contributed by atoms with Crippen LogP contribution in [0.15, 0.2) is 23.6 Å². The van der Waals surface area contributed by atoms with Crippen molar-refractivity contribution in [2.24, 2.45) is 0 Å². The van der Waals surface area contributed by atoms with Crippen molar-refractivity contribution in [3.05, 3.63) is 18.5 Å². The summed E-state index contributed by atoms with van der Waals surface area (Å²) < 4.78 is 0. The quantitative estimate of drug-likeness (QED) is 0.543. The zero-order valence-corrected chi connectivity index (χ0v) is 8.29. The topological polar surface area (TPSA) is 49.6 Å². The molecule has 0 fully saturated rings. The van der Waals surface area contributed by atoms with Crippen molar-refractivity contribution in [1.82, 2.24) is 9.97 Å². The lowest BCUT2D eigenvalue weighted by Crippen LogP contribution is -2.00. The standard InChI is InChI=1S/C9H11N3S/c1-2-8(4-5-10)13-9-11-6-3-7-12-9/h3,6-8H,2,4H2,1H3. The number of rotatable bonds is 4. The molecule has 0 spiro atoms. The number of hydrogen-bond acceptors (Lipinski definition) is 4. The van der Waals surface area contributed by atoms with E-state index in [1.165, 1.54) is 0 Å². The Balaban J connectivity index is 2.53. The Morgan fingerprint density at radius 1 is 1.54 bits per heavy atom. The number of nitriles is 1. The predicted octanol–water partition coefficient (Wildman–Crippen LogP) is 2.26. The van der Waals surface area contributed by atoms with E-state index in [2.05, 4.69) is 23.0 Å². The van der Waals surface area contributed by atoms with Crippen LogP contribution in [0.5, 0.6) is 0 Å². The Morgan fingerprint density at radius 2 is 2.23 bits per heavy atom. The van der Waals surface area contributed by atoms with Gasteiger partial charge in [-0.3, -0.25) is 0 Å². The lowest BCUT2D eigenvalue weighted by molar-refractivity contribution is 0.831. The van der Waals surface area contributed by atoms with Gasteiger partial charge in [0.25, 0.3) is 0 Å². The van der Waals surface area contributed by atoms with Crippen LogP contribution in [0.4, 0.5) is 0 Å². The average molecular weight is 193 g/mol. The maximum atomic E-state index is 8.54. The molecule has 4 heteroatoms. The largest absolute Gasteiger partial charge is 0.231 e. The molecule has 3 nitrogen and oxygen atoms in total. The van der Waals surface area contributed by atoms with Gasteiger partial charge in [0.2, 0.25) is 0 Å². The molecule has 13 heavy (non-hydrogen) atoms. The highest BCUT2D eigenvalue weighted by molar-refractivity contribution is 7.99. The van der Waals surface area contributed by atoms with E-state index in [1.807, 2.05) is 0 Å². The van der Waals surface area contributed by atoms with Crippen molar-refractivity contribution in [3.8, 4) is 6.07 Å².